The number of aromatic amines is 1. The van der Waals surface area contributed by atoms with Gasteiger partial charge in [0.25, 0.3) is 0 Å². The molecular weight excluding hydrogens is 528 g/mol. The summed E-state index contributed by atoms with van der Waals surface area (Å²) in [5, 5.41) is 22.0. The van der Waals surface area contributed by atoms with Crippen LogP contribution >= 0.6 is 0 Å². The molecule has 0 bridgehead atoms. The van der Waals surface area contributed by atoms with Crippen molar-refractivity contribution in [1.82, 2.24) is 26.3 Å². The number of H-pyrrole nitrogens is 1. The number of nitrogens with two attached hydrogens (primary N) is 2. The van der Waals surface area contributed by atoms with Gasteiger partial charge in [0.05, 0.1) is 6.04 Å². The summed E-state index contributed by atoms with van der Waals surface area (Å²) in [6.07, 6.45) is 4.19. The zero-order valence-corrected chi connectivity index (χ0v) is 23.6. The number of aliphatic imine (C=N–C) groups is 1. The Labute approximate surface area is 239 Å². The highest BCUT2D eigenvalue weighted by molar-refractivity contribution is 5.94. The lowest BCUT2D eigenvalue weighted by Gasteiger charge is -2.26. The SMILES string of the molecule is CC(C)CC(NC(=O)C1CCCN1)C(=O)NC(CCCN=C(N)N)C(=O)NC(Cc1c[nH]c2ccccc12)C(=O)O. The predicted octanol–water partition coefficient (Wildman–Crippen LogP) is 0.101. The average Bonchev–Trinajstić information content (AvgIpc) is 3.60. The first-order chi connectivity index (χ1) is 19.5. The number of amides is 3. The van der Waals surface area contributed by atoms with Crippen molar-refractivity contribution in [2.45, 2.75) is 76.5 Å². The Balaban J connectivity index is 1.74. The molecule has 13 heteroatoms. The zero-order chi connectivity index (χ0) is 29.9. The maximum absolute atomic E-state index is 13.4. The van der Waals surface area contributed by atoms with E-state index in [1.54, 1.807) is 6.20 Å². The van der Waals surface area contributed by atoms with Gasteiger partial charge in [-0.15, -0.1) is 0 Å². The largest absolute Gasteiger partial charge is 0.480 e. The van der Waals surface area contributed by atoms with Crippen LogP contribution in [-0.2, 0) is 25.6 Å². The predicted molar refractivity (Wildman–Crippen MR) is 156 cm³/mol. The lowest BCUT2D eigenvalue weighted by Crippen LogP contribution is -2.57. The van der Waals surface area contributed by atoms with Crippen molar-refractivity contribution in [3.63, 3.8) is 0 Å². The quantitative estimate of drug-likeness (QED) is 0.0832. The third kappa shape index (κ3) is 9.48. The van der Waals surface area contributed by atoms with Crippen molar-refractivity contribution in [2.75, 3.05) is 13.1 Å². The highest BCUT2D eigenvalue weighted by atomic mass is 16.4. The fourth-order valence-corrected chi connectivity index (χ4v) is 4.92. The number of nitrogens with zero attached hydrogens (tertiary/aromatic N) is 1. The normalized spacial score (nSPS) is 17.0. The summed E-state index contributed by atoms with van der Waals surface area (Å²) in [5.41, 5.74) is 12.4. The standard InChI is InChI=1S/C28H42N8O5/c1-16(2)13-22(35-24(37)20-9-5-11-31-20)26(39)34-21(10-6-12-32-28(29)30)25(38)36-23(27(40)41)14-17-15-33-19-8-4-3-7-18(17)19/h3-4,7-8,15-16,20-23,31,33H,5-6,9-14H2,1-2H3,(H,34,39)(H,35,37)(H,36,38)(H,40,41)(H4,29,30,32). The van der Waals surface area contributed by atoms with E-state index in [1.807, 2.05) is 38.1 Å². The number of nitrogens with one attached hydrogen (secondary N) is 5. The molecule has 2 heterocycles. The molecule has 1 aromatic carbocycles. The fourth-order valence-electron chi connectivity index (χ4n) is 4.92. The molecule has 3 amide bonds. The second-order valence-corrected chi connectivity index (χ2v) is 10.8. The maximum atomic E-state index is 13.4. The Kier molecular flexibility index (Phi) is 11.5. The van der Waals surface area contributed by atoms with E-state index in [4.69, 9.17) is 11.5 Å². The molecule has 4 atom stereocenters. The van der Waals surface area contributed by atoms with Gasteiger partial charge in [0.2, 0.25) is 17.7 Å². The van der Waals surface area contributed by atoms with Gasteiger partial charge in [-0.1, -0.05) is 32.0 Å². The lowest BCUT2D eigenvalue weighted by atomic mass is 10.0. The van der Waals surface area contributed by atoms with Crippen molar-refractivity contribution in [2.24, 2.45) is 22.4 Å². The number of carboxylic acids is 1. The van der Waals surface area contributed by atoms with Gasteiger partial charge in [0.1, 0.15) is 18.1 Å². The summed E-state index contributed by atoms with van der Waals surface area (Å²) in [6.45, 7) is 4.82. The van der Waals surface area contributed by atoms with Crippen LogP contribution < -0.4 is 32.7 Å². The summed E-state index contributed by atoms with van der Waals surface area (Å²) in [5.74, 6) is -2.65. The van der Waals surface area contributed by atoms with Crippen LogP contribution in [0.2, 0.25) is 0 Å². The molecule has 4 unspecified atom stereocenters. The fraction of sp³-hybridized carbons (Fsp3) is 0.536. The van der Waals surface area contributed by atoms with Gasteiger partial charge in [-0.3, -0.25) is 19.4 Å². The molecule has 0 aliphatic carbocycles. The molecule has 1 fully saturated rings. The third-order valence-corrected chi connectivity index (χ3v) is 7.01. The van der Waals surface area contributed by atoms with Crippen molar-refractivity contribution >= 4 is 40.6 Å². The van der Waals surface area contributed by atoms with Gasteiger partial charge < -0.3 is 42.8 Å². The average molecular weight is 571 g/mol. The van der Waals surface area contributed by atoms with Gasteiger partial charge >= 0.3 is 5.97 Å². The number of para-hydroxylation sites is 1. The minimum absolute atomic E-state index is 0.0418. The molecule has 224 valence electrons. The van der Waals surface area contributed by atoms with Crippen LogP contribution in [0.15, 0.2) is 35.5 Å². The number of carboxylic acid groups (broad SMARTS) is 1. The summed E-state index contributed by atoms with van der Waals surface area (Å²) in [6, 6.07) is 3.94. The van der Waals surface area contributed by atoms with E-state index in [0.717, 1.165) is 29.4 Å². The first kappa shape index (κ1) is 31.4. The molecule has 1 aliphatic heterocycles. The number of hydrogen-bond donors (Lipinski definition) is 8. The van der Waals surface area contributed by atoms with Crippen LogP contribution in [0.3, 0.4) is 0 Å². The number of carbonyl (C=O) groups is 4. The second-order valence-electron chi connectivity index (χ2n) is 10.8. The number of carbonyl (C=O) groups excluding carboxylic acids is 3. The van der Waals surface area contributed by atoms with Crippen LogP contribution in [-0.4, -0.2) is 77.0 Å². The molecule has 1 aromatic heterocycles. The highest BCUT2D eigenvalue weighted by Gasteiger charge is 2.32. The van der Waals surface area contributed by atoms with Gasteiger partial charge in [0.15, 0.2) is 5.96 Å². The van der Waals surface area contributed by atoms with Crippen molar-refractivity contribution in [1.29, 1.82) is 0 Å². The van der Waals surface area contributed by atoms with Crippen molar-refractivity contribution in [3.8, 4) is 0 Å². The minimum atomic E-state index is -1.24. The topological polar surface area (TPSA) is 217 Å². The van der Waals surface area contributed by atoms with Gasteiger partial charge in [0, 0.05) is 30.1 Å². The summed E-state index contributed by atoms with van der Waals surface area (Å²) >= 11 is 0. The molecule has 2 aromatic rings. The molecule has 3 rings (SSSR count). The number of benzene rings is 1. The van der Waals surface area contributed by atoms with Gasteiger partial charge in [-0.25, -0.2) is 4.79 Å². The molecule has 0 saturated carbocycles. The number of rotatable bonds is 15. The molecule has 41 heavy (non-hydrogen) atoms. The number of guanidine groups is 1. The van der Waals surface area contributed by atoms with Gasteiger partial charge in [-0.2, -0.15) is 0 Å². The lowest BCUT2D eigenvalue weighted by molar-refractivity contribution is -0.142. The molecule has 0 spiro atoms. The minimum Gasteiger partial charge on any atom is -0.480 e. The Morgan fingerprint density at radius 1 is 1.05 bits per heavy atom. The maximum Gasteiger partial charge on any atom is 0.326 e. The summed E-state index contributed by atoms with van der Waals surface area (Å²) < 4.78 is 0. The summed E-state index contributed by atoms with van der Waals surface area (Å²) in [7, 11) is 0. The van der Waals surface area contributed by atoms with Crippen molar-refractivity contribution < 1.29 is 24.3 Å². The summed E-state index contributed by atoms with van der Waals surface area (Å²) in [4.78, 5) is 58.7. The van der Waals surface area contributed by atoms with E-state index in [2.05, 4.69) is 31.2 Å². The van der Waals surface area contributed by atoms with Gasteiger partial charge in [-0.05, 0) is 56.2 Å². The zero-order valence-electron chi connectivity index (χ0n) is 23.6. The Hall–Kier alpha value is -4.13. The Bertz CT molecular complexity index is 1230. The number of fused-ring (bicyclic) bond motifs is 1. The van der Waals surface area contributed by atoms with E-state index < -0.39 is 35.9 Å². The second kappa shape index (κ2) is 15.0. The first-order valence-corrected chi connectivity index (χ1v) is 14.0. The van der Waals surface area contributed by atoms with Crippen LogP contribution in [0, 0.1) is 5.92 Å². The third-order valence-electron chi connectivity index (χ3n) is 7.01. The Morgan fingerprint density at radius 2 is 1.76 bits per heavy atom. The van der Waals surface area contributed by atoms with E-state index in [0.29, 0.717) is 19.3 Å². The first-order valence-electron chi connectivity index (χ1n) is 14.0. The van der Waals surface area contributed by atoms with E-state index in [1.165, 1.54) is 0 Å². The highest BCUT2D eigenvalue weighted by Crippen LogP contribution is 2.19. The van der Waals surface area contributed by atoms with Crippen LogP contribution in [0.1, 0.15) is 51.5 Å². The number of aliphatic carboxylic acids is 1. The molecule has 10 N–H and O–H groups in total. The van der Waals surface area contributed by atoms with Crippen LogP contribution in [0.25, 0.3) is 10.9 Å². The molecule has 13 nitrogen and oxygen atoms in total. The number of hydrogen-bond acceptors (Lipinski definition) is 6. The molecule has 0 radical (unpaired) electrons. The number of aromatic nitrogens is 1. The molecule has 1 saturated heterocycles. The van der Waals surface area contributed by atoms with Crippen LogP contribution in [0.4, 0.5) is 0 Å². The van der Waals surface area contributed by atoms with E-state index in [9.17, 15) is 24.3 Å². The smallest absolute Gasteiger partial charge is 0.326 e. The van der Waals surface area contributed by atoms with Crippen molar-refractivity contribution in [3.05, 3.63) is 36.0 Å². The Morgan fingerprint density at radius 3 is 2.41 bits per heavy atom. The molecule has 1 aliphatic rings. The van der Waals surface area contributed by atoms with E-state index >= 15 is 0 Å². The van der Waals surface area contributed by atoms with Crippen LogP contribution in [0.5, 0.6) is 0 Å². The molecular formula is C28H42N8O5. The monoisotopic (exact) mass is 570 g/mol. The van der Waals surface area contributed by atoms with E-state index in [-0.39, 0.29) is 43.2 Å².